The Morgan fingerprint density at radius 2 is 1.71 bits per heavy atom. The fourth-order valence-corrected chi connectivity index (χ4v) is 3.27. The van der Waals surface area contributed by atoms with E-state index in [2.05, 4.69) is 57.0 Å². The smallest absolute Gasteiger partial charge is 0.239 e. The van der Waals surface area contributed by atoms with Gasteiger partial charge in [0.05, 0.1) is 6.54 Å². The van der Waals surface area contributed by atoms with Crippen LogP contribution in [0, 0.1) is 5.92 Å². The summed E-state index contributed by atoms with van der Waals surface area (Å²) in [6, 6.07) is 8.74. The minimum Gasteiger partial charge on any atom is -0.352 e. The third kappa shape index (κ3) is 8.30. The summed E-state index contributed by atoms with van der Waals surface area (Å²) in [5, 5.41) is 9.24. The van der Waals surface area contributed by atoms with E-state index in [-0.39, 0.29) is 18.0 Å². The number of carbonyl (C=O) groups excluding carboxylic acids is 1. The highest BCUT2D eigenvalue weighted by Gasteiger charge is 2.16. The standard InChI is InChI=1S/C22H37N5O/c1-17-10-12-27(13-11-17)16-19-8-6-18(7-9-19)14-24-21(23-5)25-15-20(28)26-22(2,3)4/h6-9,17H,10-16H2,1-5H3,(H,26,28)(H2,23,24,25). The molecule has 0 spiro atoms. The second-order valence-electron chi connectivity index (χ2n) is 8.85. The molecule has 0 radical (unpaired) electrons. The summed E-state index contributed by atoms with van der Waals surface area (Å²) in [5.74, 6) is 1.44. The first-order valence-electron chi connectivity index (χ1n) is 10.3. The molecule has 3 N–H and O–H groups in total. The molecule has 2 rings (SSSR count). The van der Waals surface area contributed by atoms with E-state index in [0.717, 1.165) is 12.5 Å². The van der Waals surface area contributed by atoms with Crippen molar-refractivity contribution in [3.05, 3.63) is 35.4 Å². The van der Waals surface area contributed by atoms with E-state index >= 15 is 0 Å². The molecule has 1 saturated heterocycles. The summed E-state index contributed by atoms with van der Waals surface area (Å²) >= 11 is 0. The number of hydrogen-bond acceptors (Lipinski definition) is 3. The summed E-state index contributed by atoms with van der Waals surface area (Å²) in [6.45, 7) is 12.6. The van der Waals surface area contributed by atoms with Crippen LogP contribution in [-0.4, -0.2) is 49.0 Å². The first-order chi connectivity index (χ1) is 13.2. The summed E-state index contributed by atoms with van der Waals surface area (Å²) in [7, 11) is 1.71. The quantitative estimate of drug-likeness (QED) is 0.518. The lowest BCUT2D eigenvalue weighted by Gasteiger charge is -2.30. The Morgan fingerprint density at radius 3 is 2.29 bits per heavy atom. The van der Waals surface area contributed by atoms with Crippen molar-refractivity contribution in [2.45, 2.75) is 59.2 Å². The maximum atomic E-state index is 11.9. The summed E-state index contributed by atoms with van der Waals surface area (Å²) < 4.78 is 0. The first-order valence-corrected chi connectivity index (χ1v) is 10.3. The zero-order valence-electron chi connectivity index (χ0n) is 18.1. The van der Waals surface area contributed by atoms with Crippen LogP contribution in [0.1, 0.15) is 51.7 Å². The van der Waals surface area contributed by atoms with Gasteiger partial charge in [0.2, 0.25) is 5.91 Å². The predicted octanol–water partition coefficient (Wildman–Crippen LogP) is 2.50. The maximum absolute atomic E-state index is 11.9. The van der Waals surface area contributed by atoms with Gasteiger partial charge in [0.15, 0.2) is 5.96 Å². The van der Waals surface area contributed by atoms with Gasteiger partial charge in [-0.25, -0.2) is 0 Å². The molecule has 0 atom stereocenters. The van der Waals surface area contributed by atoms with Crippen LogP contribution in [0.15, 0.2) is 29.3 Å². The molecule has 1 fully saturated rings. The number of nitrogens with zero attached hydrogens (tertiary/aromatic N) is 2. The van der Waals surface area contributed by atoms with Crippen LogP contribution < -0.4 is 16.0 Å². The van der Waals surface area contributed by atoms with E-state index in [1.54, 1.807) is 7.05 Å². The molecule has 1 aromatic rings. The van der Waals surface area contributed by atoms with Crippen LogP contribution in [0.2, 0.25) is 0 Å². The number of aliphatic imine (C=N–C) groups is 1. The van der Waals surface area contributed by atoms with E-state index < -0.39 is 0 Å². The van der Waals surface area contributed by atoms with Crippen LogP contribution in [0.3, 0.4) is 0 Å². The van der Waals surface area contributed by atoms with Gasteiger partial charge in [0.1, 0.15) is 0 Å². The molecule has 6 heteroatoms. The molecule has 1 amide bonds. The van der Waals surface area contributed by atoms with E-state index in [4.69, 9.17) is 0 Å². The lowest BCUT2D eigenvalue weighted by molar-refractivity contribution is -0.121. The third-order valence-electron chi connectivity index (χ3n) is 4.92. The van der Waals surface area contributed by atoms with Crippen molar-refractivity contribution >= 4 is 11.9 Å². The zero-order valence-corrected chi connectivity index (χ0v) is 18.1. The highest BCUT2D eigenvalue weighted by Crippen LogP contribution is 2.18. The Bertz CT molecular complexity index is 640. The van der Waals surface area contributed by atoms with Gasteiger partial charge in [-0.05, 0) is 63.7 Å². The van der Waals surface area contributed by atoms with Gasteiger partial charge in [-0.1, -0.05) is 31.2 Å². The summed E-state index contributed by atoms with van der Waals surface area (Å²) in [6.07, 6.45) is 2.61. The molecular weight excluding hydrogens is 350 g/mol. The van der Waals surface area contributed by atoms with Crippen LogP contribution in [0.5, 0.6) is 0 Å². The molecule has 1 heterocycles. The van der Waals surface area contributed by atoms with Gasteiger partial charge in [-0.2, -0.15) is 0 Å². The van der Waals surface area contributed by atoms with Crippen molar-refractivity contribution in [1.82, 2.24) is 20.9 Å². The molecule has 1 aromatic carbocycles. The molecule has 28 heavy (non-hydrogen) atoms. The minimum atomic E-state index is -0.232. The largest absolute Gasteiger partial charge is 0.352 e. The lowest BCUT2D eigenvalue weighted by atomic mass is 9.99. The summed E-state index contributed by atoms with van der Waals surface area (Å²) in [4.78, 5) is 18.6. The Kier molecular flexibility index (Phi) is 8.30. The number of piperidine rings is 1. The number of benzene rings is 1. The van der Waals surface area contributed by atoms with E-state index in [0.29, 0.717) is 12.5 Å². The Hall–Kier alpha value is -2.08. The lowest BCUT2D eigenvalue weighted by Crippen LogP contribution is -2.48. The van der Waals surface area contributed by atoms with Gasteiger partial charge < -0.3 is 16.0 Å². The fourth-order valence-electron chi connectivity index (χ4n) is 3.27. The molecule has 6 nitrogen and oxygen atoms in total. The molecule has 0 saturated carbocycles. The first kappa shape index (κ1) is 22.2. The minimum absolute atomic E-state index is 0.0492. The molecule has 0 aliphatic carbocycles. The van der Waals surface area contributed by atoms with Gasteiger partial charge in [-0.15, -0.1) is 0 Å². The molecule has 156 valence electrons. The van der Waals surface area contributed by atoms with Crippen molar-refractivity contribution in [1.29, 1.82) is 0 Å². The Labute approximate surface area is 170 Å². The van der Waals surface area contributed by atoms with Gasteiger partial charge >= 0.3 is 0 Å². The topological polar surface area (TPSA) is 68.8 Å². The Morgan fingerprint density at radius 1 is 1.11 bits per heavy atom. The predicted molar refractivity (Wildman–Crippen MR) is 116 cm³/mol. The average Bonchev–Trinajstić information content (AvgIpc) is 2.63. The van der Waals surface area contributed by atoms with Gasteiger partial charge in [0.25, 0.3) is 0 Å². The van der Waals surface area contributed by atoms with Crippen LogP contribution in [0.25, 0.3) is 0 Å². The number of nitrogens with one attached hydrogen (secondary N) is 3. The van der Waals surface area contributed by atoms with E-state index in [9.17, 15) is 4.79 Å². The molecule has 0 unspecified atom stereocenters. The van der Waals surface area contributed by atoms with Crippen molar-refractivity contribution in [2.24, 2.45) is 10.9 Å². The highest BCUT2D eigenvalue weighted by molar-refractivity contribution is 5.86. The number of likely N-dealkylation sites (tertiary alicyclic amines) is 1. The summed E-state index contributed by atoms with van der Waals surface area (Å²) in [5.41, 5.74) is 2.32. The third-order valence-corrected chi connectivity index (χ3v) is 4.92. The molecule has 0 bridgehead atoms. The number of guanidine groups is 1. The molecule has 1 aliphatic heterocycles. The molecule has 0 aromatic heterocycles. The van der Waals surface area contributed by atoms with Crippen molar-refractivity contribution in [2.75, 3.05) is 26.7 Å². The molecular formula is C22H37N5O. The number of carbonyl (C=O) groups is 1. The van der Waals surface area contributed by atoms with Crippen LogP contribution >= 0.6 is 0 Å². The SMILES string of the molecule is CN=C(NCC(=O)NC(C)(C)C)NCc1ccc(CN2CCC(C)CC2)cc1. The van der Waals surface area contributed by atoms with Crippen LogP contribution in [-0.2, 0) is 17.9 Å². The number of rotatable bonds is 6. The highest BCUT2D eigenvalue weighted by atomic mass is 16.2. The second-order valence-corrected chi connectivity index (χ2v) is 8.85. The Balaban J connectivity index is 1.74. The molecule has 1 aliphatic rings. The average molecular weight is 388 g/mol. The number of amides is 1. The van der Waals surface area contributed by atoms with E-state index in [1.807, 2.05) is 20.8 Å². The van der Waals surface area contributed by atoms with Crippen molar-refractivity contribution < 1.29 is 4.79 Å². The van der Waals surface area contributed by atoms with Gasteiger partial charge in [-0.3, -0.25) is 14.7 Å². The monoisotopic (exact) mass is 387 g/mol. The van der Waals surface area contributed by atoms with Crippen LogP contribution in [0.4, 0.5) is 0 Å². The van der Waals surface area contributed by atoms with Gasteiger partial charge in [0, 0.05) is 25.7 Å². The normalized spacial score (nSPS) is 16.7. The maximum Gasteiger partial charge on any atom is 0.239 e. The second kappa shape index (κ2) is 10.5. The fraction of sp³-hybridized carbons (Fsp3) is 0.636. The van der Waals surface area contributed by atoms with Crippen molar-refractivity contribution in [3.63, 3.8) is 0 Å². The van der Waals surface area contributed by atoms with Crippen molar-refractivity contribution in [3.8, 4) is 0 Å². The number of hydrogen-bond donors (Lipinski definition) is 3. The van der Waals surface area contributed by atoms with E-state index in [1.165, 1.54) is 37.1 Å². The zero-order chi connectivity index (χ0) is 20.6.